The lowest BCUT2D eigenvalue weighted by Gasteiger charge is -2.62. The molecule has 4 bridgehead atoms. The third kappa shape index (κ3) is 6.42. The van der Waals surface area contributed by atoms with Gasteiger partial charge in [0.05, 0.1) is 0 Å². The largest absolute Gasteiger partial charge is 0.311 e. The fraction of sp³-hybridized carbons (Fsp3) is 0.311. The standard InChI is InChI=1S/C61H60N2/c1-60(2)58-21-13-12-20-56(58)57-35-34-55(41-59(57)60)63(52-28-22-45(23-29-52)44-14-6-3-7-15-44)54-32-26-47(27-33-54)61(48-37-42-36-43(39-48)40-49(61)38-42)46-24-30-53(31-25-46)62(50-16-8-4-9-17-50)51-18-10-5-11-19-51/h4-5,8-13,16-35,41-44,48-49H,3,6-7,14-15,36-40H2,1-2H3. The lowest BCUT2D eigenvalue weighted by atomic mass is 9.42. The smallest absolute Gasteiger partial charge is 0.0465 e. The summed E-state index contributed by atoms with van der Waals surface area (Å²) >= 11 is 0. The van der Waals surface area contributed by atoms with Crippen LogP contribution >= 0.6 is 0 Å². The van der Waals surface area contributed by atoms with E-state index in [1.807, 2.05) is 0 Å². The Kier molecular flexibility index (Phi) is 9.51. The molecule has 2 heteroatoms. The van der Waals surface area contributed by atoms with E-state index in [-0.39, 0.29) is 10.8 Å². The van der Waals surface area contributed by atoms with Gasteiger partial charge in [-0.3, -0.25) is 0 Å². The minimum Gasteiger partial charge on any atom is -0.311 e. The molecule has 5 fully saturated rings. The van der Waals surface area contributed by atoms with Crippen molar-refractivity contribution in [2.75, 3.05) is 9.80 Å². The van der Waals surface area contributed by atoms with Crippen molar-refractivity contribution in [1.82, 2.24) is 0 Å². The maximum absolute atomic E-state index is 2.54. The normalized spacial score (nSPS) is 24.2. The van der Waals surface area contributed by atoms with E-state index in [2.05, 4.69) is 200 Å². The Morgan fingerprint density at radius 1 is 0.397 bits per heavy atom. The monoisotopic (exact) mass is 820 g/mol. The summed E-state index contributed by atoms with van der Waals surface area (Å²) in [7, 11) is 0. The Morgan fingerprint density at radius 2 is 0.841 bits per heavy atom. The van der Waals surface area contributed by atoms with Gasteiger partial charge in [0.15, 0.2) is 0 Å². The molecule has 0 unspecified atom stereocenters. The van der Waals surface area contributed by atoms with Gasteiger partial charge in [0.1, 0.15) is 0 Å². The molecule has 7 aromatic rings. The summed E-state index contributed by atoms with van der Waals surface area (Å²) in [6, 6.07) is 67.5. The van der Waals surface area contributed by atoms with Crippen LogP contribution in [0.25, 0.3) is 11.1 Å². The predicted octanol–water partition coefficient (Wildman–Crippen LogP) is 16.7. The molecular weight excluding hydrogens is 761 g/mol. The van der Waals surface area contributed by atoms with E-state index in [9.17, 15) is 0 Å². The molecule has 0 heterocycles. The molecule has 314 valence electrons. The molecule has 2 nitrogen and oxygen atoms in total. The molecule has 5 saturated carbocycles. The van der Waals surface area contributed by atoms with Crippen LogP contribution in [0.5, 0.6) is 0 Å². The number of benzene rings is 7. The molecular formula is C61H60N2. The summed E-state index contributed by atoms with van der Waals surface area (Å²) in [6.07, 6.45) is 13.6. The van der Waals surface area contributed by atoms with Crippen molar-refractivity contribution in [3.8, 4) is 11.1 Å². The van der Waals surface area contributed by atoms with Crippen molar-refractivity contribution in [3.63, 3.8) is 0 Å². The summed E-state index contributed by atoms with van der Waals surface area (Å²) in [5.41, 5.74) is 17.3. The van der Waals surface area contributed by atoms with Crippen LogP contribution in [0.2, 0.25) is 0 Å². The lowest BCUT2D eigenvalue weighted by Crippen LogP contribution is -2.56. The quantitative estimate of drug-likeness (QED) is 0.143. The van der Waals surface area contributed by atoms with E-state index >= 15 is 0 Å². The summed E-state index contributed by atoms with van der Waals surface area (Å²) in [5, 5.41) is 0. The Hall–Kier alpha value is -5.86. The summed E-state index contributed by atoms with van der Waals surface area (Å²) in [4.78, 5) is 4.94. The van der Waals surface area contributed by atoms with Crippen LogP contribution in [0.1, 0.15) is 112 Å². The maximum atomic E-state index is 2.54. The summed E-state index contributed by atoms with van der Waals surface area (Å²) < 4.78 is 0. The van der Waals surface area contributed by atoms with Crippen LogP contribution in [-0.2, 0) is 10.8 Å². The zero-order chi connectivity index (χ0) is 42.1. The molecule has 0 spiro atoms. The van der Waals surface area contributed by atoms with E-state index in [0.717, 1.165) is 11.8 Å². The van der Waals surface area contributed by atoms with Gasteiger partial charge in [0.25, 0.3) is 0 Å². The molecule has 0 radical (unpaired) electrons. The molecule has 0 aliphatic heterocycles. The third-order valence-electron chi connectivity index (χ3n) is 16.7. The Balaban J connectivity index is 0.953. The van der Waals surface area contributed by atoms with E-state index in [0.29, 0.717) is 17.8 Å². The van der Waals surface area contributed by atoms with Crippen molar-refractivity contribution in [2.24, 2.45) is 23.7 Å². The maximum Gasteiger partial charge on any atom is 0.0465 e. The van der Waals surface area contributed by atoms with Crippen molar-refractivity contribution in [2.45, 2.75) is 94.8 Å². The number of nitrogens with zero attached hydrogens (tertiary/aromatic N) is 2. The van der Waals surface area contributed by atoms with Gasteiger partial charge < -0.3 is 9.80 Å². The highest BCUT2D eigenvalue weighted by atomic mass is 15.1. The first-order valence-corrected chi connectivity index (χ1v) is 24.2. The molecule has 13 rings (SSSR count). The number of fused-ring (bicyclic) bond motifs is 3. The summed E-state index contributed by atoms with van der Waals surface area (Å²) in [6.45, 7) is 4.80. The SMILES string of the molecule is CC1(C)c2ccccc2-c2ccc(N(c3ccc(C4CCCCC4)cc3)c3ccc(C4(c5ccc(N(c6ccccc6)c6ccccc6)cc5)C5CC6CC(C5)CC4C6)cc3)cc21. The number of para-hydroxylation sites is 2. The average Bonchev–Trinajstić information content (AvgIpc) is 3.56. The topological polar surface area (TPSA) is 6.48 Å². The number of anilines is 6. The minimum atomic E-state index is -0.0665. The van der Waals surface area contributed by atoms with Crippen LogP contribution in [0, 0.1) is 23.7 Å². The van der Waals surface area contributed by atoms with Crippen molar-refractivity contribution in [3.05, 3.63) is 204 Å². The van der Waals surface area contributed by atoms with E-state index in [1.165, 1.54) is 137 Å². The van der Waals surface area contributed by atoms with Gasteiger partial charge in [-0.2, -0.15) is 0 Å². The Labute approximate surface area is 375 Å². The molecule has 6 aliphatic carbocycles. The van der Waals surface area contributed by atoms with Crippen molar-refractivity contribution >= 4 is 34.1 Å². The van der Waals surface area contributed by atoms with Crippen LogP contribution in [0.3, 0.4) is 0 Å². The van der Waals surface area contributed by atoms with Gasteiger partial charge in [-0.25, -0.2) is 0 Å². The number of rotatable bonds is 9. The molecule has 0 saturated heterocycles. The Bertz CT molecular complexity index is 2660. The molecule has 0 amide bonds. The van der Waals surface area contributed by atoms with Gasteiger partial charge in [-0.05, 0) is 186 Å². The first-order valence-electron chi connectivity index (χ1n) is 24.2. The lowest BCUT2D eigenvalue weighted by molar-refractivity contribution is -0.0418. The Morgan fingerprint density at radius 3 is 1.40 bits per heavy atom. The van der Waals surface area contributed by atoms with Crippen LogP contribution in [0.15, 0.2) is 176 Å². The highest BCUT2D eigenvalue weighted by molar-refractivity contribution is 5.86. The van der Waals surface area contributed by atoms with Gasteiger partial charge in [0, 0.05) is 45.0 Å². The van der Waals surface area contributed by atoms with Crippen LogP contribution in [-0.4, -0.2) is 0 Å². The summed E-state index contributed by atoms with van der Waals surface area (Å²) in [5.74, 6) is 3.77. The van der Waals surface area contributed by atoms with Crippen LogP contribution in [0.4, 0.5) is 34.1 Å². The first-order chi connectivity index (χ1) is 30.9. The molecule has 0 atom stereocenters. The molecule has 6 aliphatic rings. The highest BCUT2D eigenvalue weighted by Crippen LogP contribution is 2.65. The average molecular weight is 821 g/mol. The highest BCUT2D eigenvalue weighted by Gasteiger charge is 2.58. The molecule has 0 N–H and O–H groups in total. The predicted molar refractivity (Wildman–Crippen MR) is 263 cm³/mol. The second kappa shape index (κ2) is 15.4. The third-order valence-corrected chi connectivity index (χ3v) is 16.7. The van der Waals surface area contributed by atoms with Gasteiger partial charge >= 0.3 is 0 Å². The van der Waals surface area contributed by atoms with E-state index < -0.39 is 0 Å². The van der Waals surface area contributed by atoms with E-state index in [1.54, 1.807) is 0 Å². The fourth-order valence-corrected chi connectivity index (χ4v) is 14.0. The zero-order valence-corrected chi connectivity index (χ0v) is 37.1. The fourth-order valence-electron chi connectivity index (χ4n) is 14.0. The second-order valence-corrected chi connectivity index (χ2v) is 20.4. The number of hydrogen-bond donors (Lipinski definition) is 0. The van der Waals surface area contributed by atoms with Gasteiger partial charge in [0.2, 0.25) is 0 Å². The molecule has 7 aromatic carbocycles. The van der Waals surface area contributed by atoms with Gasteiger partial charge in [-0.15, -0.1) is 0 Å². The van der Waals surface area contributed by atoms with Crippen LogP contribution < -0.4 is 9.80 Å². The second-order valence-electron chi connectivity index (χ2n) is 20.4. The minimum absolute atomic E-state index is 0.00461. The van der Waals surface area contributed by atoms with E-state index in [4.69, 9.17) is 0 Å². The first kappa shape index (κ1) is 38.8. The van der Waals surface area contributed by atoms with Crippen molar-refractivity contribution < 1.29 is 0 Å². The zero-order valence-electron chi connectivity index (χ0n) is 37.1. The number of hydrogen-bond acceptors (Lipinski definition) is 2. The molecule has 0 aromatic heterocycles. The van der Waals surface area contributed by atoms with Crippen molar-refractivity contribution in [1.29, 1.82) is 0 Å². The molecule has 63 heavy (non-hydrogen) atoms. The van der Waals surface area contributed by atoms with Gasteiger partial charge in [-0.1, -0.05) is 136 Å².